The van der Waals surface area contributed by atoms with E-state index in [9.17, 15) is 9.50 Å². The van der Waals surface area contributed by atoms with Crippen LogP contribution >= 0.6 is 0 Å². The molecule has 1 aliphatic heterocycles. The van der Waals surface area contributed by atoms with Crippen LogP contribution < -0.4 is 4.90 Å². The highest BCUT2D eigenvalue weighted by Gasteiger charge is 2.21. The Morgan fingerprint density at radius 3 is 2.64 bits per heavy atom. The van der Waals surface area contributed by atoms with Gasteiger partial charge in [0.05, 0.1) is 11.8 Å². The Hall–Kier alpha value is -2.37. The molecular weight excluding hydrogens is 317 g/mol. The number of nitrogens with one attached hydrogen (secondary N) is 1. The highest BCUT2D eigenvalue weighted by atomic mass is 19.1. The number of fused-ring (bicyclic) bond motifs is 1. The number of aromatic amines is 1. The zero-order valence-electron chi connectivity index (χ0n) is 14.0. The predicted octanol–water partition coefficient (Wildman–Crippen LogP) is 3.16. The van der Waals surface area contributed by atoms with Gasteiger partial charge in [-0.2, -0.15) is 0 Å². The molecule has 3 aromatic rings. The summed E-state index contributed by atoms with van der Waals surface area (Å²) in [5.41, 5.74) is 2.63. The van der Waals surface area contributed by atoms with Gasteiger partial charge in [-0.1, -0.05) is 24.3 Å². The first-order valence-electron chi connectivity index (χ1n) is 8.67. The largest absolute Gasteiger partial charge is 0.387 e. The van der Waals surface area contributed by atoms with Crippen LogP contribution in [0.1, 0.15) is 11.7 Å². The number of anilines is 1. The number of rotatable bonds is 4. The van der Waals surface area contributed by atoms with E-state index < -0.39 is 6.10 Å². The number of halogens is 1. The summed E-state index contributed by atoms with van der Waals surface area (Å²) in [5.74, 6) is -0.171. The minimum atomic E-state index is -0.521. The standard InChI is InChI=1S/C20H22FN3O/c21-17-3-1-2-4-19(17)24-11-9-23(10-12-24)14-20(25)16-6-5-15-7-8-22-18(15)13-16/h1-8,13,20,22,25H,9-12,14H2. The van der Waals surface area contributed by atoms with Crippen molar-refractivity contribution in [1.29, 1.82) is 0 Å². The second-order valence-electron chi connectivity index (χ2n) is 6.58. The van der Waals surface area contributed by atoms with Crippen LogP contribution in [-0.4, -0.2) is 47.7 Å². The summed E-state index contributed by atoms with van der Waals surface area (Å²) >= 11 is 0. The van der Waals surface area contributed by atoms with Crippen LogP contribution in [0.15, 0.2) is 54.7 Å². The maximum absolute atomic E-state index is 13.9. The fourth-order valence-corrected chi connectivity index (χ4v) is 3.50. The highest BCUT2D eigenvalue weighted by molar-refractivity contribution is 5.79. The van der Waals surface area contributed by atoms with E-state index in [1.807, 2.05) is 42.6 Å². The summed E-state index contributed by atoms with van der Waals surface area (Å²) in [4.78, 5) is 7.49. The number of aliphatic hydroxyl groups excluding tert-OH is 1. The molecule has 1 fully saturated rings. The summed E-state index contributed by atoms with van der Waals surface area (Å²) in [6.45, 7) is 3.76. The molecule has 4 nitrogen and oxygen atoms in total. The van der Waals surface area contributed by atoms with Gasteiger partial charge in [-0.25, -0.2) is 4.39 Å². The Morgan fingerprint density at radius 2 is 1.84 bits per heavy atom. The van der Waals surface area contributed by atoms with E-state index in [4.69, 9.17) is 0 Å². The molecule has 2 heterocycles. The third kappa shape index (κ3) is 3.38. The predicted molar refractivity (Wildman–Crippen MR) is 98.3 cm³/mol. The van der Waals surface area contributed by atoms with E-state index in [-0.39, 0.29) is 5.82 Å². The Labute approximate surface area is 146 Å². The topological polar surface area (TPSA) is 42.5 Å². The summed E-state index contributed by atoms with van der Waals surface area (Å²) < 4.78 is 13.9. The third-order valence-electron chi connectivity index (χ3n) is 4.96. The van der Waals surface area contributed by atoms with Crippen molar-refractivity contribution < 1.29 is 9.50 Å². The lowest BCUT2D eigenvalue weighted by atomic mass is 10.1. The van der Waals surface area contributed by atoms with Crippen LogP contribution in [0.3, 0.4) is 0 Å². The number of piperazine rings is 1. The lowest BCUT2D eigenvalue weighted by Crippen LogP contribution is -2.47. The minimum absolute atomic E-state index is 0.171. The number of H-pyrrole nitrogens is 1. The molecule has 0 amide bonds. The fourth-order valence-electron chi connectivity index (χ4n) is 3.50. The molecule has 1 unspecified atom stereocenters. The van der Waals surface area contributed by atoms with E-state index in [0.717, 1.165) is 42.6 Å². The van der Waals surface area contributed by atoms with Crippen molar-refractivity contribution in [2.45, 2.75) is 6.10 Å². The van der Waals surface area contributed by atoms with Crippen LogP contribution in [0.25, 0.3) is 10.9 Å². The number of β-amino-alcohol motifs (C(OH)–C–C–N with tert-alkyl or cyclic N) is 1. The van der Waals surface area contributed by atoms with Crippen LogP contribution in [0, 0.1) is 5.82 Å². The van der Waals surface area contributed by atoms with Gasteiger partial charge in [-0.15, -0.1) is 0 Å². The van der Waals surface area contributed by atoms with Gasteiger partial charge in [-0.3, -0.25) is 4.90 Å². The van der Waals surface area contributed by atoms with Gasteiger partial charge in [-0.05, 0) is 35.2 Å². The summed E-state index contributed by atoms with van der Waals surface area (Å²) in [7, 11) is 0. The zero-order chi connectivity index (χ0) is 17.2. The highest BCUT2D eigenvalue weighted by Crippen LogP contribution is 2.23. The average molecular weight is 339 g/mol. The molecule has 4 rings (SSSR count). The maximum Gasteiger partial charge on any atom is 0.146 e. The van der Waals surface area contributed by atoms with Gasteiger partial charge in [0.25, 0.3) is 0 Å². The number of hydrogen-bond donors (Lipinski definition) is 2. The molecule has 1 aromatic heterocycles. The molecule has 0 spiro atoms. The average Bonchev–Trinajstić information content (AvgIpc) is 3.10. The molecule has 2 aromatic carbocycles. The first-order chi connectivity index (χ1) is 12.2. The number of para-hydroxylation sites is 1. The summed E-state index contributed by atoms with van der Waals surface area (Å²) in [6, 6.07) is 14.9. The molecule has 0 radical (unpaired) electrons. The van der Waals surface area contributed by atoms with Crippen LogP contribution in [-0.2, 0) is 0 Å². The van der Waals surface area contributed by atoms with Gasteiger partial charge in [0, 0.05) is 44.4 Å². The van der Waals surface area contributed by atoms with Gasteiger partial charge in [0.2, 0.25) is 0 Å². The minimum Gasteiger partial charge on any atom is -0.387 e. The molecule has 25 heavy (non-hydrogen) atoms. The molecule has 5 heteroatoms. The van der Waals surface area contributed by atoms with E-state index >= 15 is 0 Å². The molecule has 0 bridgehead atoms. The molecular formula is C20H22FN3O. The SMILES string of the molecule is OC(CN1CCN(c2ccccc2F)CC1)c1ccc2cc[nH]c2c1. The van der Waals surface area contributed by atoms with Gasteiger partial charge in [0.1, 0.15) is 5.82 Å². The third-order valence-corrected chi connectivity index (χ3v) is 4.96. The maximum atomic E-state index is 13.9. The first-order valence-corrected chi connectivity index (χ1v) is 8.67. The van der Waals surface area contributed by atoms with Crippen molar-refractivity contribution >= 4 is 16.6 Å². The summed E-state index contributed by atoms with van der Waals surface area (Å²) in [6.07, 6.45) is 1.38. The van der Waals surface area contributed by atoms with E-state index in [1.165, 1.54) is 6.07 Å². The van der Waals surface area contributed by atoms with Crippen molar-refractivity contribution in [1.82, 2.24) is 9.88 Å². The Morgan fingerprint density at radius 1 is 1.04 bits per heavy atom. The van der Waals surface area contributed by atoms with Crippen LogP contribution in [0.2, 0.25) is 0 Å². The normalized spacial score (nSPS) is 17.1. The second kappa shape index (κ2) is 6.86. The van der Waals surface area contributed by atoms with Gasteiger partial charge >= 0.3 is 0 Å². The van der Waals surface area contributed by atoms with Crippen molar-refractivity contribution in [3.63, 3.8) is 0 Å². The van der Waals surface area contributed by atoms with E-state index in [2.05, 4.69) is 14.8 Å². The molecule has 0 saturated carbocycles. The lowest BCUT2D eigenvalue weighted by molar-refractivity contribution is 0.109. The number of aliphatic hydroxyl groups is 1. The number of nitrogens with zero attached hydrogens (tertiary/aromatic N) is 2. The Bertz CT molecular complexity index is 855. The van der Waals surface area contributed by atoms with Crippen molar-refractivity contribution in [2.24, 2.45) is 0 Å². The quantitative estimate of drug-likeness (QED) is 0.767. The molecule has 1 atom stereocenters. The van der Waals surface area contributed by atoms with Crippen LogP contribution in [0.5, 0.6) is 0 Å². The second-order valence-corrected chi connectivity index (χ2v) is 6.58. The number of aromatic nitrogens is 1. The molecule has 1 saturated heterocycles. The Balaban J connectivity index is 1.37. The smallest absolute Gasteiger partial charge is 0.146 e. The molecule has 0 aliphatic carbocycles. The van der Waals surface area contributed by atoms with E-state index in [0.29, 0.717) is 12.2 Å². The van der Waals surface area contributed by atoms with Gasteiger partial charge < -0.3 is 15.0 Å². The van der Waals surface area contributed by atoms with Crippen molar-refractivity contribution in [3.8, 4) is 0 Å². The zero-order valence-corrected chi connectivity index (χ0v) is 14.0. The van der Waals surface area contributed by atoms with Crippen molar-refractivity contribution in [2.75, 3.05) is 37.6 Å². The van der Waals surface area contributed by atoms with E-state index in [1.54, 1.807) is 6.07 Å². The number of hydrogen-bond acceptors (Lipinski definition) is 3. The fraction of sp³-hybridized carbons (Fsp3) is 0.300. The number of benzene rings is 2. The summed E-state index contributed by atoms with van der Waals surface area (Å²) in [5, 5.41) is 11.7. The Kier molecular flexibility index (Phi) is 4.42. The molecule has 2 N–H and O–H groups in total. The van der Waals surface area contributed by atoms with Gasteiger partial charge in [0.15, 0.2) is 0 Å². The molecule has 130 valence electrons. The monoisotopic (exact) mass is 339 g/mol. The first kappa shape index (κ1) is 16.1. The van der Waals surface area contributed by atoms with Crippen LogP contribution in [0.4, 0.5) is 10.1 Å². The lowest BCUT2D eigenvalue weighted by Gasteiger charge is -2.37. The van der Waals surface area contributed by atoms with Crippen molar-refractivity contribution in [3.05, 3.63) is 66.1 Å². The molecule has 1 aliphatic rings.